The summed E-state index contributed by atoms with van der Waals surface area (Å²) in [7, 11) is 0. The number of hydrogen-bond donors (Lipinski definition) is 3. The SMILES string of the molecule is Cc1cc(C(=O)O)ccc1NC(=O)C1CCC=C(O)CC1. The number of carbonyl (C=O) groups excluding carboxylic acids is 1. The highest BCUT2D eigenvalue weighted by molar-refractivity contribution is 5.94. The van der Waals surface area contributed by atoms with Crippen molar-refractivity contribution in [3.05, 3.63) is 41.2 Å². The molecule has 0 saturated carbocycles. The zero-order valence-electron chi connectivity index (χ0n) is 11.9. The van der Waals surface area contributed by atoms with E-state index in [4.69, 9.17) is 5.11 Å². The Balaban J connectivity index is 2.04. The number of carboxylic acids is 1. The van der Waals surface area contributed by atoms with E-state index < -0.39 is 5.97 Å². The average Bonchev–Trinajstić information content (AvgIpc) is 2.65. The number of aliphatic hydroxyl groups excluding tert-OH is 1. The summed E-state index contributed by atoms with van der Waals surface area (Å²) in [5.74, 6) is -0.845. The molecular weight excluding hydrogens is 270 g/mol. The van der Waals surface area contributed by atoms with Crippen LogP contribution in [0.3, 0.4) is 0 Å². The van der Waals surface area contributed by atoms with Gasteiger partial charge in [-0.2, -0.15) is 0 Å². The molecule has 1 aromatic carbocycles. The molecule has 21 heavy (non-hydrogen) atoms. The summed E-state index contributed by atoms with van der Waals surface area (Å²) >= 11 is 0. The van der Waals surface area contributed by atoms with Crippen molar-refractivity contribution in [3.63, 3.8) is 0 Å². The van der Waals surface area contributed by atoms with Crippen LogP contribution in [0.25, 0.3) is 0 Å². The number of rotatable bonds is 3. The zero-order chi connectivity index (χ0) is 15.4. The van der Waals surface area contributed by atoms with E-state index >= 15 is 0 Å². The van der Waals surface area contributed by atoms with E-state index in [9.17, 15) is 14.7 Å². The van der Waals surface area contributed by atoms with Crippen molar-refractivity contribution in [3.8, 4) is 0 Å². The first-order chi connectivity index (χ1) is 9.97. The number of hydrogen-bond acceptors (Lipinski definition) is 3. The normalized spacial score (nSPS) is 18.5. The molecule has 112 valence electrons. The predicted molar refractivity (Wildman–Crippen MR) is 79.4 cm³/mol. The third kappa shape index (κ3) is 3.84. The van der Waals surface area contributed by atoms with Gasteiger partial charge in [0, 0.05) is 18.0 Å². The number of amides is 1. The molecule has 3 N–H and O–H groups in total. The van der Waals surface area contributed by atoms with Crippen molar-refractivity contribution < 1.29 is 19.8 Å². The lowest BCUT2D eigenvalue weighted by Gasteiger charge is -2.15. The van der Waals surface area contributed by atoms with Gasteiger partial charge in [0.15, 0.2) is 0 Å². The highest BCUT2D eigenvalue weighted by atomic mass is 16.4. The summed E-state index contributed by atoms with van der Waals surface area (Å²) in [5.41, 5.74) is 1.55. The molecule has 0 fully saturated rings. The van der Waals surface area contributed by atoms with Crippen LogP contribution < -0.4 is 5.32 Å². The molecule has 0 spiro atoms. The Hall–Kier alpha value is -2.30. The van der Waals surface area contributed by atoms with Gasteiger partial charge in [-0.05, 0) is 56.0 Å². The monoisotopic (exact) mass is 289 g/mol. The number of anilines is 1. The second-order valence-corrected chi connectivity index (χ2v) is 5.33. The van der Waals surface area contributed by atoms with Crippen LogP contribution in [0, 0.1) is 12.8 Å². The highest BCUT2D eigenvalue weighted by Crippen LogP contribution is 2.24. The minimum atomic E-state index is -0.985. The number of aryl methyl sites for hydroxylation is 1. The molecule has 0 saturated heterocycles. The Bertz CT molecular complexity index is 592. The van der Waals surface area contributed by atoms with Crippen molar-refractivity contribution in [1.82, 2.24) is 0 Å². The predicted octanol–water partition coefficient (Wildman–Crippen LogP) is 3.26. The van der Waals surface area contributed by atoms with Gasteiger partial charge in [0.1, 0.15) is 0 Å². The molecular formula is C16H19NO4. The Morgan fingerprint density at radius 1 is 1.29 bits per heavy atom. The second kappa shape index (κ2) is 6.43. The van der Waals surface area contributed by atoms with Crippen LogP contribution in [-0.2, 0) is 4.79 Å². The summed E-state index contributed by atoms with van der Waals surface area (Å²) in [6, 6.07) is 4.63. The molecule has 0 radical (unpaired) electrons. The van der Waals surface area contributed by atoms with Gasteiger partial charge in [0.2, 0.25) is 5.91 Å². The largest absolute Gasteiger partial charge is 0.513 e. The molecule has 1 aromatic rings. The van der Waals surface area contributed by atoms with Crippen molar-refractivity contribution in [2.75, 3.05) is 5.32 Å². The number of nitrogens with one attached hydrogen (secondary N) is 1. The van der Waals surface area contributed by atoms with E-state index in [1.165, 1.54) is 6.07 Å². The molecule has 5 heteroatoms. The van der Waals surface area contributed by atoms with E-state index in [1.807, 2.05) is 0 Å². The topological polar surface area (TPSA) is 86.6 Å². The molecule has 0 aromatic heterocycles. The fourth-order valence-corrected chi connectivity index (χ4v) is 2.45. The fraction of sp³-hybridized carbons (Fsp3) is 0.375. The van der Waals surface area contributed by atoms with Gasteiger partial charge in [-0.1, -0.05) is 0 Å². The molecule has 0 aliphatic heterocycles. The Morgan fingerprint density at radius 2 is 2.05 bits per heavy atom. The summed E-state index contributed by atoms with van der Waals surface area (Å²) in [4.78, 5) is 23.2. The van der Waals surface area contributed by atoms with Crippen LogP contribution in [0.4, 0.5) is 5.69 Å². The van der Waals surface area contributed by atoms with E-state index in [0.29, 0.717) is 37.1 Å². The molecule has 2 rings (SSSR count). The molecule has 1 aliphatic carbocycles. The molecule has 1 aliphatic rings. The molecule has 5 nitrogen and oxygen atoms in total. The number of benzene rings is 1. The zero-order valence-corrected chi connectivity index (χ0v) is 11.9. The fourth-order valence-electron chi connectivity index (χ4n) is 2.45. The molecule has 1 unspecified atom stereocenters. The number of allylic oxidation sites excluding steroid dienone is 2. The average molecular weight is 289 g/mol. The van der Waals surface area contributed by atoms with Crippen molar-refractivity contribution in [1.29, 1.82) is 0 Å². The van der Waals surface area contributed by atoms with Crippen LogP contribution in [0.5, 0.6) is 0 Å². The number of carbonyl (C=O) groups is 2. The van der Waals surface area contributed by atoms with Crippen molar-refractivity contribution >= 4 is 17.6 Å². The van der Waals surface area contributed by atoms with Gasteiger partial charge < -0.3 is 15.5 Å². The Labute approximate surface area is 123 Å². The third-order valence-corrected chi connectivity index (χ3v) is 3.75. The summed E-state index contributed by atoms with van der Waals surface area (Å²) in [6.45, 7) is 1.77. The van der Waals surface area contributed by atoms with Crippen LogP contribution >= 0.6 is 0 Å². The van der Waals surface area contributed by atoms with E-state index in [-0.39, 0.29) is 17.4 Å². The lowest BCUT2D eigenvalue weighted by molar-refractivity contribution is -0.120. The minimum Gasteiger partial charge on any atom is -0.513 e. The summed E-state index contributed by atoms with van der Waals surface area (Å²) < 4.78 is 0. The maximum absolute atomic E-state index is 12.3. The van der Waals surface area contributed by atoms with E-state index in [0.717, 1.165) is 5.56 Å². The maximum Gasteiger partial charge on any atom is 0.335 e. The van der Waals surface area contributed by atoms with Gasteiger partial charge in [-0.3, -0.25) is 4.79 Å². The smallest absolute Gasteiger partial charge is 0.335 e. The highest BCUT2D eigenvalue weighted by Gasteiger charge is 2.21. The van der Waals surface area contributed by atoms with Gasteiger partial charge in [-0.25, -0.2) is 4.79 Å². The van der Waals surface area contributed by atoms with Gasteiger partial charge >= 0.3 is 5.97 Å². The summed E-state index contributed by atoms with van der Waals surface area (Å²) in [6.07, 6.45) is 4.32. The Morgan fingerprint density at radius 3 is 2.71 bits per heavy atom. The standard InChI is InChI=1S/C16H19NO4/c1-10-9-12(16(20)21)6-8-14(10)17-15(19)11-3-2-4-13(18)7-5-11/h4,6,8-9,11,18H,2-3,5,7H2,1H3,(H,17,19)(H,20,21). The molecule has 1 atom stereocenters. The molecule has 0 bridgehead atoms. The second-order valence-electron chi connectivity index (χ2n) is 5.33. The first-order valence-corrected chi connectivity index (χ1v) is 7.00. The first-order valence-electron chi connectivity index (χ1n) is 7.00. The molecule has 1 amide bonds. The van der Waals surface area contributed by atoms with Crippen LogP contribution in [0.15, 0.2) is 30.0 Å². The van der Waals surface area contributed by atoms with Gasteiger partial charge in [0.25, 0.3) is 0 Å². The van der Waals surface area contributed by atoms with Gasteiger partial charge in [-0.15, -0.1) is 0 Å². The lowest BCUT2D eigenvalue weighted by atomic mass is 9.98. The van der Waals surface area contributed by atoms with Crippen LogP contribution in [0.2, 0.25) is 0 Å². The minimum absolute atomic E-state index is 0.0794. The third-order valence-electron chi connectivity index (χ3n) is 3.75. The van der Waals surface area contributed by atoms with Crippen LogP contribution in [-0.4, -0.2) is 22.1 Å². The number of aromatic carboxylic acids is 1. The Kier molecular flexibility index (Phi) is 4.62. The van der Waals surface area contributed by atoms with Gasteiger partial charge in [0.05, 0.1) is 11.3 Å². The van der Waals surface area contributed by atoms with E-state index in [1.54, 1.807) is 25.1 Å². The molecule has 0 heterocycles. The van der Waals surface area contributed by atoms with E-state index in [2.05, 4.69) is 5.32 Å². The lowest BCUT2D eigenvalue weighted by Crippen LogP contribution is -2.23. The quantitative estimate of drug-likeness (QED) is 0.797. The summed E-state index contributed by atoms with van der Waals surface area (Å²) in [5, 5.41) is 21.3. The first kappa shape index (κ1) is 15.1. The van der Waals surface area contributed by atoms with Crippen LogP contribution in [0.1, 0.15) is 41.6 Å². The number of carboxylic acid groups (broad SMARTS) is 1. The van der Waals surface area contributed by atoms with Crippen molar-refractivity contribution in [2.45, 2.75) is 32.6 Å². The van der Waals surface area contributed by atoms with Crippen molar-refractivity contribution in [2.24, 2.45) is 5.92 Å². The maximum atomic E-state index is 12.3. The number of aliphatic hydroxyl groups is 1.